The average molecular weight is 864 g/mol. The van der Waals surface area contributed by atoms with Crippen LogP contribution in [0.3, 0.4) is 0 Å². The largest absolute Gasteiger partial charge is 0.481 e. The van der Waals surface area contributed by atoms with Crippen LogP contribution in [-0.4, -0.2) is 77.6 Å². The quantitative estimate of drug-likeness (QED) is 0.0186. The monoisotopic (exact) mass is 863 g/mol. The van der Waals surface area contributed by atoms with Crippen LogP contribution in [0.5, 0.6) is 0 Å². The minimum Gasteiger partial charge on any atom is -0.481 e. The number of hydrogen-bond acceptors (Lipinski definition) is 14. The molecule has 0 saturated carbocycles. The Hall–Kier alpha value is -0.470. The Kier molecular flexibility index (Phi) is 38.1. The molecule has 1 amide bonds. The van der Waals surface area contributed by atoms with Crippen molar-refractivity contribution in [2.45, 2.75) is 165 Å². The molecule has 0 aliphatic carbocycles. The van der Waals surface area contributed by atoms with Crippen molar-refractivity contribution in [3.05, 3.63) is 0 Å². The molecule has 12 nitrogen and oxygen atoms in total. The first-order valence-electron chi connectivity index (χ1n) is 19.0. The maximum absolute atomic E-state index is 12.5. The van der Waals surface area contributed by atoms with Crippen LogP contribution in [-0.2, 0) is 24.0 Å². The number of ketones is 1. The van der Waals surface area contributed by atoms with Crippen LogP contribution in [0.2, 0.25) is 0 Å². The molecule has 1 rings (SSSR count). The Morgan fingerprint density at radius 1 is 0.566 bits per heavy atom. The summed E-state index contributed by atoms with van der Waals surface area (Å²) in [7, 11) is 10.4. The van der Waals surface area contributed by atoms with Gasteiger partial charge in [0.1, 0.15) is 16.5 Å². The minimum absolute atomic E-state index is 0.0198. The van der Waals surface area contributed by atoms with E-state index in [1.807, 2.05) is 0 Å². The normalized spacial score (nSPS) is 14.8. The highest BCUT2D eigenvalue weighted by molar-refractivity contribution is 8.92. The number of rotatable bonds is 33. The molecule has 18 heteroatoms. The Morgan fingerprint density at radius 2 is 1.04 bits per heavy atom. The molecular weight excluding hydrogens is 799 g/mol. The van der Waals surface area contributed by atoms with Crippen molar-refractivity contribution in [3.63, 3.8) is 0 Å². The van der Waals surface area contributed by atoms with Gasteiger partial charge in [-0.1, -0.05) is 155 Å². The highest BCUT2D eigenvalue weighted by Gasteiger charge is 2.24. The number of unbranched alkanes of at least 4 members (excludes halogenated alkanes) is 16. The molecule has 1 saturated heterocycles. The average Bonchev–Trinajstić information content (AvgIpc) is 3.26. The molecule has 8 N–H and O–H groups in total. The predicted molar refractivity (Wildman–Crippen MR) is 227 cm³/mol. The van der Waals surface area contributed by atoms with E-state index >= 15 is 0 Å². The molecule has 0 unspecified atom stereocenters. The fourth-order valence-electron chi connectivity index (χ4n) is 5.66. The van der Waals surface area contributed by atoms with Crippen molar-refractivity contribution in [2.75, 3.05) is 16.7 Å². The van der Waals surface area contributed by atoms with Gasteiger partial charge in [0, 0.05) is 32.2 Å². The van der Waals surface area contributed by atoms with E-state index in [1.165, 1.54) is 57.8 Å². The number of carbonyl (C=O) groups excluding carboxylic acids is 2. The number of carbonyl (C=O) groups is 5. The molecule has 0 spiro atoms. The van der Waals surface area contributed by atoms with Gasteiger partial charge in [-0.15, -0.1) is 0 Å². The van der Waals surface area contributed by atoms with E-state index in [0.717, 1.165) is 55.1 Å². The fraction of sp³-hybridized carbons (Fsp3) is 0.857. The minimum atomic E-state index is -1.04. The van der Waals surface area contributed by atoms with E-state index in [1.54, 1.807) is 64.8 Å². The molecule has 1 aliphatic rings. The van der Waals surface area contributed by atoms with Gasteiger partial charge in [-0.25, -0.2) is 5.90 Å². The first-order chi connectivity index (χ1) is 25.7. The van der Waals surface area contributed by atoms with E-state index < -0.39 is 29.9 Å². The highest BCUT2D eigenvalue weighted by atomic mass is 33.2. The molecule has 0 radical (unpaired) electrons. The van der Waals surface area contributed by atoms with E-state index in [4.69, 9.17) is 10.3 Å². The summed E-state index contributed by atoms with van der Waals surface area (Å²) in [6, 6.07) is -0.662. The molecule has 0 aromatic rings. The summed E-state index contributed by atoms with van der Waals surface area (Å²) >= 11 is 0. The molecule has 2 atom stereocenters. The summed E-state index contributed by atoms with van der Waals surface area (Å²) in [6.07, 6.45) is 20.8. The van der Waals surface area contributed by atoms with Crippen molar-refractivity contribution < 1.29 is 44.5 Å². The Balaban J connectivity index is 0.0000133. The Labute approximate surface area is 340 Å². The molecule has 0 aromatic carbocycles. The number of nitrogens with one attached hydrogen (secondary N) is 2. The van der Waals surface area contributed by atoms with Gasteiger partial charge >= 0.3 is 17.9 Å². The number of hydrogen-bond donors (Lipinski definition) is 7. The standard InChI is InChI=1S/C35H62N2O8S6.H3NO/c38-29(19-15-13-11-9-7-5-3-1-2-4-6-8-10-12-14-16-21-32(40)41)25-28(33(42)43)22-23-31(39)36-24-18-17-20-30(34(44)45)37-35-50-48-26-46-47-27-49-51-35;1-2/h28,30,35,37H,1-27H2,(H,36,39)(H,40,41)(H,42,43)(H,44,45);2H,1H2/t28-,30+;/m1./s1. The van der Waals surface area contributed by atoms with E-state index in [2.05, 4.69) is 16.5 Å². The molecule has 53 heavy (non-hydrogen) atoms. The van der Waals surface area contributed by atoms with E-state index in [0.29, 0.717) is 38.6 Å². The highest BCUT2D eigenvalue weighted by Crippen LogP contribution is 2.46. The third-order valence-electron chi connectivity index (χ3n) is 8.60. The topological polar surface area (TPSA) is 216 Å². The Morgan fingerprint density at radius 3 is 1.49 bits per heavy atom. The summed E-state index contributed by atoms with van der Waals surface area (Å²) in [5.41, 5.74) is 0. The molecule has 0 aromatic heterocycles. The molecule has 0 bridgehead atoms. The van der Waals surface area contributed by atoms with Crippen LogP contribution in [0.1, 0.15) is 154 Å². The smallest absolute Gasteiger partial charge is 0.320 e. The van der Waals surface area contributed by atoms with Gasteiger partial charge in [-0.2, -0.15) is 0 Å². The van der Waals surface area contributed by atoms with Crippen LogP contribution < -0.4 is 16.5 Å². The number of amides is 1. The van der Waals surface area contributed by atoms with Crippen molar-refractivity contribution in [2.24, 2.45) is 11.8 Å². The Bertz CT molecular complexity index is 964. The van der Waals surface area contributed by atoms with E-state index in [-0.39, 0.29) is 35.7 Å². The first kappa shape index (κ1) is 52.5. The molecule has 1 aliphatic heterocycles. The summed E-state index contributed by atoms with van der Waals surface area (Å²) < 4.78 is -0.0198. The summed E-state index contributed by atoms with van der Waals surface area (Å²) in [5, 5.41) is 42.4. The van der Waals surface area contributed by atoms with Crippen LogP contribution in [0, 0.1) is 5.92 Å². The molecular formula is C35H65N3O9S6. The molecule has 1 heterocycles. The van der Waals surface area contributed by atoms with Gasteiger partial charge < -0.3 is 25.8 Å². The summed E-state index contributed by atoms with van der Waals surface area (Å²) in [5.74, 6) is -0.277. The lowest BCUT2D eigenvalue weighted by molar-refractivity contribution is -0.144. The van der Waals surface area contributed by atoms with Gasteiger partial charge in [0.25, 0.3) is 0 Å². The number of Topliss-reactive ketones (excluding diaryl/α,β-unsaturated/α-hetero) is 1. The zero-order valence-electron chi connectivity index (χ0n) is 31.2. The van der Waals surface area contributed by atoms with Crippen LogP contribution >= 0.6 is 64.8 Å². The molecule has 1 fully saturated rings. The third-order valence-corrected chi connectivity index (χ3v) is 18.4. The number of aliphatic carboxylic acids is 3. The number of carboxylic acid groups (broad SMARTS) is 3. The van der Waals surface area contributed by atoms with Crippen LogP contribution in [0.4, 0.5) is 0 Å². The summed E-state index contributed by atoms with van der Waals surface area (Å²) in [4.78, 5) is 58.9. The lowest BCUT2D eigenvalue weighted by atomic mass is 9.94. The molecule has 310 valence electrons. The van der Waals surface area contributed by atoms with Gasteiger partial charge in [0.05, 0.1) is 16.1 Å². The lowest BCUT2D eigenvalue weighted by Gasteiger charge is -2.21. The zero-order chi connectivity index (χ0) is 39.4. The van der Waals surface area contributed by atoms with Crippen molar-refractivity contribution in [3.8, 4) is 0 Å². The van der Waals surface area contributed by atoms with Crippen molar-refractivity contribution >= 4 is 94.4 Å². The number of nitrogens with two attached hydrogens (primary N) is 1. The SMILES string of the molecule is NO.O=C(O)CCCCCCCCCCCCCCCCCCC(=O)C[C@@H](CCC(=O)NCCCC[C@H](NC1SSCSSCSS1)C(=O)O)C(=O)O. The lowest BCUT2D eigenvalue weighted by Crippen LogP contribution is -2.40. The first-order valence-corrected chi connectivity index (χ1v) is 26.2. The maximum Gasteiger partial charge on any atom is 0.320 e. The summed E-state index contributed by atoms with van der Waals surface area (Å²) in [6.45, 7) is 0.399. The second-order valence-corrected chi connectivity index (χ2v) is 21.4. The van der Waals surface area contributed by atoms with E-state index in [9.17, 15) is 34.2 Å². The van der Waals surface area contributed by atoms with Gasteiger partial charge in [0.2, 0.25) is 5.91 Å². The van der Waals surface area contributed by atoms with Gasteiger partial charge in [-0.3, -0.25) is 29.3 Å². The number of carboxylic acids is 3. The zero-order valence-corrected chi connectivity index (χ0v) is 36.1. The van der Waals surface area contributed by atoms with Crippen molar-refractivity contribution in [1.82, 2.24) is 10.6 Å². The fourth-order valence-corrected chi connectivity index (χ4v) is 16.1. The van der Waals surface area contributed by atoms with Crippen LogP contribution in [0.25, 0.3) is 0 Å². The van der Waals surface area contributed by atoms with Crippen molar-refractivity contribution in [1.29, 1.82) is 0 Å². The third kappa shape index (κ3) is 34.5. The predicted octanol–water partition coefficient (Wildman–Crippen LogP) is 9.55. The van der Waals surface area contributed by atoms with Gasteiger partial charge in [-0.05, 0) is 38.5 Å². The second-order valence-electron chi connectivity index (χ2n) is 13.0. The van der Waals surface area contributed by atoms with Gasteiger partial charge in [0.15, 0.2) is 0 Å². The maximum atomic E-state index is 12.5. The second kappa shape index (κ2) is 38.4. The van der Waals surface area contributed by atoms with Crippen LogP contribution in [0.15, 0.2) is 0 Å².